The van der Waals surface area contributed by atoms with Crippen molar-refractivity contribution in [2.75, 3.05) is 11.9 Å². The number of anilines is 1. The van der Waals surface area contributed by atoms with Gasteiger partial charge in [0.1, 0.15) is 6.42 Å². The van der Waals surface area contributed by atoms with Crippen LogP contribution in [0.5, 0.6) is 0 Å². The van der Waals surface area contributed by atoms with Gasteiger partial charge in [-0.1, -0.05) is 13.8 Å². The van der Waals surface area contributed by atoms with Crippen molar-refractivity contribution in [1.29, 1.82) is 5.26 Å². The van der Waals surface area contributed by atoms with Gasteiger partial charge in [-0.05, 0) is 63.4 Å². The number of carbonyl (C=O) groups is 2. The fraction of sp³-hybridized carbons (Fsp3) is 0.407. The second-order valence-electron chi connectivity index (χ2n) is 8.92. The topological polar surface area (TPSA) is 111 Å². The molecule has 0 saturated carbocycles. The third-order valence-electron chi connectivity index (χ3n) is 6.68. The zero-order valence-electron chi connectivity index (χ0n) is 21.3. The number of amides is 2. The van der Waals surface area contributed by atoms with Crippen LogP contribution in [0.3, 0.4) is 0 Å². The third-order valence-corrected chi connectivity index (χ3v) is 6.68. The number of rotatable bonds is 8. The Morgan fingerprint density at radius 1 is 1.17 bits per heavy atom. The molecule has 1 aromatic carbocycles. The molecule has 2 amide bonds. The number of nitrogens with one attached hydrogen (secondary N) is 2. The second-order valence-corrected chi connectivity index (χ2v) is 8.92. The van der Waals surface area contributed by atoms with E-state index >= 15 is 0 Å². The van der Waals surface area contributed by atoms with Crippen molar-refractivity contribution in [1.82, 2.24) is 14.9 Å². The van der Waals surface area contributed by atoms with E-state index in [1.807, 2.05) is 45.0 Å². The van der Waals surface area contributed by atoms with Crippen LogP contribution in [0.2, 0.25) is 0 Å². The average Bonchev–Trinajstić information content (AvgIpc) is 3.10. The number of H-pyrrole nitrogens is 1. The van der Waals surface area contributed by atoms with Crippen LogP contribution in [-0.2, 0) is 11.3 Å². The summed E-state index contributed by atoms with van der Waals surface area (Å²) in [6.07, 6.45) is 1.56. The molecule has 3 aromatic rings. The number of nitrogens with zero attached hydrogens (tertiary/aromatic N) is 3. The standard InChI is InChI=1S/C27H33N5O3/c1-7-19(8-2)32-18(5)25(27(35)29-15-22-16(3)13-17(4)30-26(22)34)21-10-9-20(14-23(21)32)31(6)24(33)11-12-28/h9-10,13-14,19H,7-8,11,15H2,1-6H3,(H,29,35)(H,30,34). The van der Waals surface area contributed by atoms with Gasteiger partial charge in [0.15, 0.2) is 0 Å². The van der Waals surface area contributed by atoms with Gasteiger partial charge in [-0.2, -0.15) is 5.26 Å². The quantitative estimate of drug-likeness (QED) is 0.502. The van der Waals surface area contributed by atoms with Crippen LogP contribution >= 0.6 is 0 Å². The van der Waals surface area contributed by atoms with Gasteiger partial charge in [0.25, 0.3) is 11.5 Å². The lowest BCUT2D eigenvalue weighted by atomic mass is 10.1. The Morgan fingerprint density at radius 2 is 1.86 bits per heavy atom. The molecule has 0 radical (unpaired) electrons. The largest absolute Gasteiger partial charge is 0.348 e. The molecule has 8 heteroatoms. The predicted molar refractivity (Wildman–Crippen MR) is 138 cm³/mol. The van der Waals surface area contributed by atoms with Gasteiger partial charge in [0.2, 0.25) is 5.91 Å². The van der Waals surface area contributed by atoms with E-state index in [1.54, 1.807) is 13.1 Å². The van der Waals surface area contributed by atoms with E-state index in [2.05, 4.69) is 28.7 Å². The van der Waals surface area contributed by atoms with Gasteiger partial charge in [-0.15, -0.1) is 0 Å². The monoisotopic (exact) mass is 475 g/mol. The minimum absolute atomic E-state index is 0.126. The lowest BCUT2D eigenvalue weighted by molar-refractivity contribution is -0.117. The highest BCUT2D eigenvalue weighted by Gasteiger charge is 2.24. The van der Waals surface area contributed by atoms with Crippen LogP contribution < -0.4 is 15.8 Å². The molecule has 0 aliphatic rings. The molecule has 0 aliphatic heterocycles. The molecule has 184 valence electrons. The summed E-state index contributed by atoms with van der Waals surface area (Å²) in [5, 5.41) is 12.6. The number of aryl methyl sites for hydroxylation is 2. The highest BCUT2D eigenvalue weighted by molar-refractivity contribution is 6.09. The molecule has 0 unspecified atom stereocenters. The Hall–Kier alpha value is -3.86. The van der Waals surface area contributed by atoms with Crippen molar-refractivity contribution in [2.45, 2.75) is 66.5 Å². The summed E-state index contributed by atoms with van der Waals surface area (Å²) < 4.78 is 2.17. The first-order valence-corrected chi connectivity index (χ1v) is 11.9. The number of aromatic nitrogens is 2. The van der Waals surface area contributed by atoms with Crippen molar-refractivity contribution in [3.8, 4) is 6.07 Å². The van der Waals surface area contributed by atoms with Gasteiger partial charge in [0.05, 0.1) is 17.1 Å². The number of fused-ring (bicyclic) bond motifs is 1. The van der Waals surface area contributed by atoms with Crippen molar-refractivity contribution in [3.63, 3.8) is 0 Å². The highest BCUT2D eigenvalue weighted by atomic mass is 16.2. The number of pyridine rings is 1. The molecule has 3 rings (SSSR count). The lowest BCUT2D eigenvalue weighted by Crippen LogP contribution is -2.28. The normalized spacial score (nSPS) is 11.0. The number of aromatic amines is 1. The minimum atomic E-state index is -0.291. The molecule has 35 heavy (non-hydrogen) atoms. The third kappa shape index (κ3) is 4.99. The van der Waals surface area contributed by atoms with Gasteiger partial charge in [0, 0.05) is 47.7 Å². The summed E-state index contributed by atoms with van der Waals surface area (Å²) in [5.41, 5.74) is 4.86. The average molecular weight is 476 g/mol. The van der Waals surface area contributed by atoms with Crippen LogP contribution in [-0.4, -0.2) is 28.4 Å². The van der Waals surface area contributed by atoms with E-state index < -0.39 is 0 Å². The molecule has 2 heterocycles. The maximum atomic E-state index is 13.4. The molecule has 0 spiro atoms. The fourth-order valence-electron chi connectivity index (χ4n) is 4.73. The number of nitriles is 1. The predicted octanol–water partition coefficient (Wildman–Crippen LogP) is 4.42. The summed E-state index contributed by atoms with van der Waals surface area (Å²) in [6.45, 7) is 9.96. The Morgan fingerprint density at radius 3 is 2.46 bits per heavy atom. The molecule has 8 nitrogen and oxygen atoms in total. The summed E-state index contributed by atoms with van der Waals surface area (Å²) in [7, 11) is 1.65. The minimum Gasteiger partial charge on any atom is -0.348 e. The number of hydrogen-bond acceptors (Lipinski definition) is 4. The molecule has 0 atom stereocenters. The van der Waals surface area contributed by atoms with Crippen molar-refractivity contribution >= 4 is 28.4 Å². The zero-order chi connectivity index (χ0) is 25.9. The number of carbonyl (C=O) groups excluding carboxylic acids is 2. The lowest BCUT2D eigenvalue weighted by Gasteiger charge is -2.20. The summed E-state index contributed by atoms with van der Waals surface area (Å²) in [4.78, 5) is 42.4. The maximum Gasteiger partial charge on any atom is 0.254 e. The smallest absolute Gasteiger partial charge is 0.254 e. The first-order valence-electron chi connectivity index (χ1n) is 11.9. The van der Waals surface area contributed by atoms with E-state index in [0.29, 0.717) is 16.8 Å². The van der Waals surface area contributed by atoms with Gasteiger partial charge in [-0.3, -0.25) is 14.4 Å². The van der Waals surface area contributed by atoms with Crippen LogP contribution in [0.15, 0.2) is 29.1 Å². The van der Waals surface area contributed by atoms with Gasteiger partial charge in [-0.25, -0.2) is 0 Å². The second kappa shape index (κ2) is 10.6. The van der Waals surface area contributed by atoms with E-state index in [4.69, 9.17) is 5.26 Å². The van der Waals surface area contributed by atoms with E-state index in [0.717, 1.165) is 40.7 Å². The number of benzene rings is 1. The van der Waals surface area contributed by atoms with Gasteiger partial charge < -0.3 is 19.8 Å². The fourth-order valence-corrected chi connectivity index (χ4v) is 4.73. The molecule has 2 aromatic heterocycles. The molecule has 0 aliphatic carbocycles. The van der Waals surface area contributed by atoms with Gasteiger partial charge >= 0.3 is 0 Å². The van der Waals surface area contributed by atoms with E-state index in [-0.39, 0.29) is 36.4 Å². The van der Waals surface area contributed by atoms with Crippen LogP contribution in [0, 0.1) is 32.1 Å². The number of hydrogen-bond donors (Lipinski definition) is 2. The Kier molecular flexibility index (Phi) is 7.80. The zero-order valence-corrected chi connectivity index (χ0v) is 21.3. The highest BCUT2D eigenvalue weighted by Crippen LogP contribution is 2.34. The molecular weight excluding hydrogens is 442 g/mol. The first-order chi connectivity index (χ1) is 16.6. The Labute approximate surface area is 205 Å². The molecule has 2 N–H and O–H groups in total. The van der Waals surface area contributed by atoms with Crippen LogP contribution in [0.4, 0.5) is 5.69 Å². The Balaban J connectivity index is 2.07. The molecule has 0 saturated heterocycles. The van der Waals surface area contributed by atoms with Crippen LogP contribution in [0.1, 0.15) is 72.0 Å². The summed E-state index contributed by atoms with van der Waals surface area (Å²) in [6, 6.07) is 9.51. The van der Waals surface area contributed by atoms with E-state index in [1.165, 1.54) is 4.90 Å². The first kappa shape index (κ1) is 25.8. The van der Waals surface area contributed by atoms with Crippen molar-refractivity contribution in [3.05, 3.63) is 62.7 Å². The molecule has 0 bridgehead atoms. The summed E-state index contributed by atoms with van der Waals surface area (Å²) >= 11 is 0. The Bertz CT molecular complexity index is 1370. The van der Waals surface area contributed by atoms with Crippen LogP contribution in [0.25, 0.3) is 10.9 Å². The molecular formula is C27H33N5O3. The summed E-state index contributed by atoms with van der Waals surface area (Å²) in [5.74, 6) is -0.542. The SMILES string of the molecule is CCC(CC)n1c(C)c(C(=O)NCc2c(C)cc(C)[nH]c2=O)c2ccc(N(C)C(=O)CC#N)cc21. The maximum absolute atomic E-state index is 13.4. The van der Waals surface area contributed by atoms with Crippen molar-refractivity contribution < 1.29 is 9.59 Å². The van der Waals surface area contributed by atoms with E-state index in [9.17, 15) is 14.4 Å². The molecule has 0 fully saturated rings. The van der Waals surface area contributed by atoms with Crippen molar-refractivity contribution in [2.24, 2.45) is 0 Å².